The molecule has 0 spiro atoms. The van der Waals surface area contributed by atoms with Crippen LogP contribution in [0.2, 0.25) is 0 Å². The summed E-state index contributed by atoms with van der Waals surface area (Å²) in [6.07, 6.45) is -2.00. The molecule has 3 aliphatic rings. The summed E-state index contributed by atoms with van der Waals surface area (Å²) in [5.41, 5.74) is 1.42. The maximum absolute atomic E-state index is 14.7. The van der Waals surface area contributed by atoms with Crippen LogP contribution in [0.5, 0.6) is 23.0 Å². The summed E-state index contributed by atoms with van der Waals surface area (Å²) in [7, 11) is 5.65. The third-order valence-electron chi connectivity index (χ3n) is 10.5. The fourth-order valence-corrected chi connectivity index (χ4v) is 6.99. The fraction of sp³-hybridized carbons (Fsp3) is 0.415. The van der Waals surface area contributed by atoms with Crippen LogP contribution in [0.15, 0.2) is 66.7 Å². The number of aromatic hydroxyl groups is 1. The summed E-state index contributed by atoms with van der Waals surface area (Å²) in [4.78, 5) is 87.9. The quantitative estimate of drug-likeness (QED) is 0.307. The van der Waals surface area contributed by atoms with Crippen molar-refractivity contribution in [1.82, 2.24) is 25.3 Å². The van der Waals surface area contributed by atoms with Crippen molar-refractivity contribution in [2.24, 2.45) is 5.92 Å². The first kappa shape index (κ1) is 41.2. The lowest BCUT2D eigenvalue weighted by atomic mass is 9.92. The number of phenols is 1. The van der Waals surface area contributed by atoms with Gasteiger partial charge in [0.15, 0.2) is 17.3 Å². The molecule has 0 saturated carbocycles. The molecule has 3 aliphatic heterocycles. The minimum Gasteiger partial charge on any atom is -0.504 e. The Bertz CT molecular complexity index is 1970. The Kier molecular flexibility index (Phi) is 12.7. The molecule has 5 amide bonds. The van der Waals surface area contributed by atoms with Gasteiger partial charge in [-0.1, -0.05) is 37.3 Å². The van der Waals surface area contributed by atoms with Gasteiger partial charge in [0.25, 0.3) is 0 Å². The van der Waals surface area contributed by atoms with Crippen molar-refractivity contribution >= 4 is 35.3 Å². The lowest BCUT2D eigenvalue weighted by Crippen LogP contribution is -2.60. The van der Waals surface area contributed by atoms with Crippen LogP contribution in [0.25, 0.3) is 0 Å². The van der Waals surface area contributed by atoms with Gasteiger partial charge < -0.3 is 45.0 Å². The number of aliphatic hydroxyl groups excluding tert-OH is 1. The number of nitrogens with one attached hydrogen (secondary N) is 2. The van der Waals surface area contributed by atoms with Crippen molar-refractivity contribution in [2.75, 3.05) is 28.3 Å². The van der Waals surface area contributed by atoms with Crippen LogP contribution in [0.1, 0.15) is 50.0 Å². The molecule has 6 rings (SSSR count). The highest BCUT2D eigenvalue weighted by molar-refractivity contribution is 5.98. The minimum atomic E-state index is -1.62. The van der Waals surface area contributed by atoms with Crippen molar-refractivity contribution < 1.29 is 48.5 Å². The number of phenolic OH excluding ortho intramolecular Hbond substituents is 1. The third kappa shape index (κ3) is 8.94. The first-order valence-corrected chi connectivity index (χ1v) is 18.3. The number of Topliss-reactive ketones (excluding diaryl/α,β-unsaturated/α-hetero) is 1. The molecule has 1 fully saturated rings. The maximum Gasteiger partial charge on any atom is 0.248 e. The average Bonchev–Trinajstić information content (AvgIpc) is 3.18. The fourth-order valence-electron chi connectivity index (χ4n) is 6.99. The number of carbonyl (C=O) groups excluding carboxylic acids is 6. The molecule has 15 heteroatoms. The van der Waals surface area contributed by atoms with E-state index in [-0.39, 0.29) is 36.3 Å². The zero-order valence-corrected chi connectivity index (χ0v) is 32.5. The van der Waals surface area contributed by atoms with Gasteiger partial charge in [0.2, 0.25) is 29.5 Å². The number of rotatable bonds is 3. The zero-order chi connectivity index (χ0) is 41.0. The van der Waals surface area contributed by atoms with Gasteiger partial charge in [-0.05, 0) is 66.9 Å². The number of aliphatic hydroxyl groups is 1. The van der Waals surface area contributed by atoms with Crippen LogP contribution in [0, 0.1) is 5.92 Å². The lowest BCUT2D eigenvalue weighted by Gasteiger charge is -2.38. The number of likely N-dealkylation sites (N-methyl/N-ethyl adjacent to an activating group) is 3. The molecule has 0 unspecified atom stereocenters. The standard InChI is InChI=1S/C41H49N5O10/c1-22-18-33(48)30-20-26-10-17-32(47)34(21-26)56-29-15-11-27(12-16-29)36(49)35(41(54)44(30)4)46(6)40(53)24(3)43-38(51)31(19-25-8-13-28(55-7)14-9-25)45(5)39(52)23(2)42-37(22)50/h8-17,21-24,30-31,35-36,47,49H,18-20H2,1-7H3,(H,42,50)(H,43,51)/t22-,23-,24-,30+,31+,35+,36-/m1/s1. The molecule has 0 aromatic heterocycles. The van der Waals surface area contributed by atoms with Crippen LogP contribution in [-0.4, -0.2) is 119 Å². The smallest absolute Gasteiger partial charge is 0.248 e. The van der Waals surface area contributed by atoms with E-state index < -0.39 is 77.6 Å². The first-order valence-electron chi connectivity index (χ1n) is 18.3. The molecule has 4 N–H and O–H groups in total. The molecule has 0 radical (unpaired) electrons. The van der Waals surface area contributed by atoms with Gasteiger partial charge in [-0.2, -0.15) is 0 Å². The number of fused-ring (bicyclic) bond motifs is 2. The number of carbonyl (C=O) groups is 6. The highest BCUT2D eigenvalue weighted by atomic mass is 16.5. The van der Waals surface area contributed by atoms with Crippen LogP contribution < -0.4 is 20.1 Å². The van der Waals surface area contributed by atoms with Crippen LogP contribution >= 0.6 is 0 Å². The Morgan fingerprint density at radius 3 is 1.98 bits per heavy atom. The summed E-state index contributed by atoms with van der Waals surface area (Å²) in [6.45, 7) is 4.42. The minimum absolute atomic E-state index is 0.0363. The second-order valence-electron chi connectivity index (χ2n) is 14.5. The molecule has 298 valence electrons. The van der Waals surface area contributed by atoms with E-state index in [0.717, 1.165) is 9.80 Å². The molecular formula is C41H49N5O10. The number of hydrogen-bond acceptors (Lipinski definition) is 10. The molecule has 3 aromatic carbocycles. The average molecular weight is 772 g/mol. The highest BCUT2D eigenvalue weighted by Crippen LogP contribution is 2.34. The summed E-state index contributed by atoms with van der Waals surface area (Å²) < 4.78 is 11.2. The number of ether oxygens (including phenoxy) is 2. The summed E-state index contributed by atoms with van der Waals surface area (Å²) in [5.74, 6) is -4.03. The Morgan fingerprint density at radius 1 is 0.750 bits per heavy atom. The van der Waals surface area contributed by atoms with E-state index in [9.17, 15) is 39.0 Å². The van der Waals surface area contributed by atoms with Crippen LogP contribution in [0.3, 0.4) is 0 Å². The van der Waals surface area contributed by atoms with Crippen LogP contribution in [0.4, 0.5) is 0 Å². The summed E-state index contributed by atoms with van der Waals surface area (Å²) >= 11 is 0. The second kappa shape index (κ2) is 17.2. The largest absolute Gasteiger partial charge is 0.504 e. The van der Waals surface area contributed by atoms with Gasteiger partial charge in [-0.3, -0.25) is 28.8 Å². The van der Waals surface area contributed by atoms with E-state index in [1.54, 1.807) is 36.4 Å². The summed E-state index contributed by atoms with van der Waals surface area (Å²) in [6, 6.07) is 11.2. The Hall–Kier alpha value is -5.96. The van der Waals surface area contributed by atoms with Crippen molar-refractivity contribution in [2.45, 2.75) is 76.3 Å². The Labute approximate surface area is 325 Å². The monoisotopic (exact) mass is 771 g/mol. The van der Waals surface area contributed by atoms with E-state index in [2.05, 4.69) is 10.6 Å². The Balaban J connectivity index is 1.60. The zero-order valence-electron chi connectivity index (χ0n) is 32.5. The lowest BCUT2D eigenvalue weighted by molar-refractivity contribution is -0.153. The number of benzene rings is 3. The van der Waals surface area contributed by atoms with E-state index in [0.29, 0.717) is 22.6 Å². The van der Waals surface area contributed by atoms with Gasteiger partial charge in [0.05, 0.1) is 13.2 Å². The SMILES string of the molecule is COc1ccc(C[C@H]2C(=O)N[C@H](C)C(=O)N(C)[C@@H]3C(=O)N(C)[C@@H](Cc4ccc(O)c(c4)Oc4ccc(cc4)[C@H]3O)C(=O)C[C@@H](C)C(=O)N[C@H](C)C(=O)N2C)cc1. The normalized spacial score (nSPS) is 25.9. The molecule has 6 bridgehead atoms. The van der Waals surface area contributed by atoms with Crippen molar-refractivity contribution in [1.29, 1.82) is 0 Å². The molecule has 0 aliphatic carbocycles. The number of nitrogens with zero attached hydrogens (tertiary/aromatic N) is 3. The number of ketones is 1. The molecule has 7 atom stereocenters. The topological polar surface area (TPSA) is 195 Å². The van der Waals surface area contributed by atoms with Gasteiger partial charge in [0, 0.05) is 46.3 Å². The molecule has 1 saturated heterocycles. The first-order chi connectivity index (χ1) is 26.5. The molecule has 15 nitrogen and oxygen atoms in total. The van der Waals surface area contributed by atoms with Crippen molar-refractivity contribution in [3.63, 3.8) is 0 Å². The van der Waals surface area contributed by atoms with Gasteiger partial charge in [-0.15, -0.1) is 0 Å². The van der Waals surface area contributed by atoms with Gasteiger partial charge in [0.1, 0.15) is 41.8 Å². The van der Waals surface area contributed by atoms with Crippen molar-refractivity contribution in [3.05, 3.63) is 83.4 Å². The van der Waals surface area contributed by atoms with Crippen molar-refractivity contribution in [3.8, 4) is 23.0 Å². The highest BCUT2D eigenvalue weighted by Gasteiger charge is 2.42. The van der Waals surface area contributed by atoms with Gasteiger partial charge >= 0.3 is 0 Å². The van der Waals surface area contributed by atoms with Gasteiger partial charge in [-0.25, -0.2) is 0 Å². The molecule has 3 aromatic rings. The summed E-state index contributed by atoms with van der Waals surface area (Å²) in [5, 5.41) is 27.8. The van der Waals surface area contributed by atoms with Crippen LogP contribution in [-0.2, 0) is 41.6 Å². The van der Waals surface area contributed by atoms with E-state index >= 15 is 0 Å². The number of methoxy groups -OCH3 is 1. The van der Waals surface area contributed by atoms with E-state index in [1.807, 2.05) is 0 Å². The molecule has 56 heavy (non-hydrogen) atoms. The third-order valence-corrected chi connectivity index (χ3v) is 10.5. The van der Waals surface area contributed by atoms with E-state index in [1.165, 1.54) is 84.3 Å². The molecule has 3 heterocycles. The molecular weight excluding hydrogens is 722 g/mol. The van der Waals surface area contributed by atoms with E-state index in [4.69, 9.17) is 9.47 Å². The number of hydrogen-bond donors (Lipinski definition) is 4. The predicted octanol–water partition coefficient (Wildman–Crippen LogP) is 2.12. The second-order valence-corrected chi connectivity index (χ2v) is 14.5. The maximum atomic E-state index is 14.7. The number of amides is 5. The Morgan fingerprint density at radius 2 is 1.36 bits per heavy atom. The predicted molar refractivity (Wildman–Crippen MR) is 204 cm³/mol.